The summed E-state index contributed by atoms with van der Waals surface area (Å²) in [5.74, 6) is 0. The van der Waals surface area contributed by atoms with Gasteiger partial charge in [-0.25, -0.2) is 0 Å². The standard InChI is InChI=1S/C11H24N2/c1-5-7-12-8-9-13(6-2)11(3,4)10-12/h5-10H2,1-4H3. The molecule has 0 saturated carbocycles. The van der Waals surface area contributed by atoms with Gasteiger partial charge >= 0.3 is 0 Å². The van der Waals surface area contributed by atoms with Gasteiger partial charge in [-0.05, 0) is 33.4 Å². The van der Waals surface area contributed by atoms with Crippen molar-refractivity contribution in [2.75, 3.05) is 32.7 Å². The third-order valence-corrected chi connectivity index (χ3v) is 3.07. The Morgan fingerprint density at radius 2 is 1.85 bits per heavy atom. The molecular formula is C11H24N2. The molecule has 13 heavy (non-hydrogen) atoms. The van der Waals surface area contributed by atoms with Gasteiger partial charge in [-0.1, -0.05) is 13.8 Å². The lowest BCUT2D eigenvalue weighted by molar-refractivity contribution is 0.0240. The Labute approximate surface area is 82.9 Å². The minimum Gasteiger partial charge on any atom is -0.300 e. The summed E-state index contributed by atoms with van der Waals surface area (Å²) in [5, 5.41) is 0. The first-order valence-corrected chi connectivity index (χ1v) is 5.57. The van der Waals surface area contributed by atoms with Crippen molar-refractivity contribution in [3.8, 4) is 0 Å². The molecule has 0 N–H and O–H groups in total. The fraction of sp³-hybridized carbons (Fsp3) is 1.00. The Bertz CT molecular complexity index is 154. The second kappa shape index (κ2) is 4.43. The predicted octanol–water partition coefficient (Wildman–Crippen LogP) is 1.81. The van der Waals surface area contributed by atoms with Crippen molar-refractivity contribution in [2.24, 2.45) is 0 Å². The molecule has 0 unspecified atom stereocenters. The Kier molecular flexibility index (Phi) is 3.74. The van der Waals surface area contributed by atoms with Crippen molar-refractivity contribution < 1.29 is 0 Å². The molecule has 0 atom stereocenters. The van der Waals surface area contributed by atoms with Crippen LogP contribution in [0.5, 0.6) is 0 Å². The zero-order valence-electron chi connectivity index (χ0n) is 9.64. The highest BCUT2D eigenvalue weighted by atomic mass is 15.3. The number of nitrogens with zero attached hydrogens (tertiary/aromatic N) is 2. The first-order chi connectivity index (χ1) is 6.10. The number of likely N-dealkylation sites (N-methyl/N-ethyl adjacent to an activating group) is 1. The SMILES string of the molecule is CCCN1CCN(CC)C(C)(C)C1. The summed E-state index contributed by atoms with van der Waals surface area (Å²) in [6, 6.07) is 0. The van der Waals surface area contributed by atoms with Gasteiger partial charge in [-0.2, -0.15) is 0 Å². The highest BCUT2D eigenvalue weighted by Crippen LogP contribution is 2.20. The monoisotopic (exact) mass is 184 g/mol. The predicted molar refractivity (Wildman–Crippen MR) is 58.1 cm³/mol. The van der Waals surface area contributed by atoms with E-state index in [1.807, 2.05) is 0 Å². The van der Waals surface area contributed by atoms with E-state index in [9.17, 15) is 0 Å². The largest absolute Gasteiger partial charge is 0.300 e. The maximum Gasteiger partial charge on any atom is 0.0280 e. The van der Waals surface area contributed by atoms with Crippen LogP contribution in [0.25, 0.3) is 0 Å². The molecule has 0 spiro atoms. The average molecular weight is 184 g/mol. The molecule has 1 aliphatic heterocycles. The molecule has 1 aliphatic rings. The molecular weight excluding hydrogens is 160 g/mol. The number of hydrogen-bond donors (Lipinski definition) is 0. The minimum atomic E-state index is 0.377. The lowest BCUT2D eigenvalue weighted by atomic mass is 9.99. The second-order valence-electron chi connectivity index (χ2n) is 4.67. The maximum absolute atomic E-state index is 2.59. The van der Waals surface area contributed by atoms with Crippen LogP contribution in [0, 0.1) is 0 Å². The van der Waals surface area contributed by atoms with Gasteiger partial charge in [0.2, 0.25) is 0 Å². The fourth-order valence-electron chi connectivity index (χ4n) is 2.38. The van der Waals surface area contributed by atoms with Gasteiger partial charge in [-0.15, -0.1) is 0 Å². The van der Waals surface area contributed by atoms with E-state index in [-0.39, 0.29) is 0 Å². The number of rotatable bonds is 3. The second-order valence-corrected chi connectivity index (χ2v) is 4.67. The van der Waals surface area contributed by atoms with Crippen LogP contribution in [0.2, 0.25) is 0 Å². The highest BCUT2D eigenvalue weighted by Gasteiger charge is 2.31. The van der Waals surface area contributed by atoms with E-state index in [4.69, 9.17) is 0 Å². The number of piperazine rings is 1. The van der Waals surface area contributed by atoms with Gasteiger partial charge in [0, 0.05) is 25.2 Å². The zero-order chi connectivity index (χ0) is 9.90. The van der Waals surface area contributed by atoms with Gasteiger partial charge in [0.25, 0.3) is 0 Å². The molecule has 0 aliphatic carbocycles. The van der Waals surface area contributed by atoms with Gasteiger partial charge < -0.3 is 4.90 Å². The summed E-state index contributed by atoms with van der Waals surface area (Å²) in [5.41, 5.74) is 0.377. The van der Waals surface area contributed by atoms with E-state index in [2.05, 4.69) is 37.5 Å². The highest BCUT2D eigenvalue weighted by molar-refractivity contribution is 4.89. The summed E-state index contributed by atoms with van der Waals surface area (Å²) in [4.78, 5) is 5.17. The third kappa shape index (κ3) is 2.68. The average Bonchev–Trinajstić information content (AvgIpc) is 2.03. The molecule has 1 heterocycles. The Balaban J connectivity index is 2.48. The summed E-state index contributed by atoms with van der Waals surface area (Å²) >= 11 is 0. The molecule has 2 heteroatoms. The van der Waals surface area contributed by atoms with Gasteiger partial charge in [0.1, 0.15) is 0 Å². The maximum atomic E-state index is 2.59. The molecule has 1 rings (SSSR count). The lowest BCUT2D eigenvalue weighted by Gasteiger charge is -2.46. The fourth-order valence-corrected chi connectivity index (χ4v) is 2.38. The van der Waals surface area contributed by atoms with Crippen LogP contribution in [-0.4, -0.2) is 48.1 Å². The lowest BCUT2D eigenvalue weighted by Crippen LogP contribution is -2.59. The molecule has 0 radical (unpaired) electrons. The molecule has 0 aromatic heterocycles. The van der Waals surface area contributed by atoms with Crippen molar-refractivity contribution in [3.63, 3.8) is 0 Å². The first kappa shape index (κ1) is 11.0. The van der Waals surface area contributed by atoms with Crippen LogP contribution in [0.1, 0.15) is 34.1 Å². The van der Waals surface area contributed by atoms with Crippen molar-refractivity contribution in [2.45, 2.75) is 39.7 Å². The third-order valence-electron chi connectivity index (χ3n) is 3.07. The summed E-state index contributed by atoms with van der Waals surface area (Å²) in [6.45, 7) is 15.4. The van der Waals surface area contributed by atoms with Crippen LogP contribution in [0.15, 0.2) is 0 Å². The van der Waals surface area contributed by atoms with Crippen molar-refractivity contribution >= 4 is 0 Å². The van der Waals surface area contributed by atoms with Crippen molar-refractivity contribution in [1.29, 1.82) is 0 Å². The normalized spacial score (nSPS) is 24.9. The Morgan fingerprint density at radius 3 is 2.31 bits per heavy atom. The Hall–Kier alpha value is -0.0800. The quantitative estimate of drug-likeness (QED) is 0.660. The van der Waals surface area contributed by atoms with E-state index in [1.165, 1.54) is 39.1 Å². The Morgan fingerprint density at radius 1 is 1.15 bits per heavy atom. The summed E-state index contributed by atoms with van der Waals surface area (Å²) < 4.78 is 0. The van der Waals surface area contributed by atoms with Crippen molar-refractivity contribution in [1.82, 2.24) is 9.80 Å². The van der Waals surface area contributed by atoms with Crippen LogP contribution < -0.4 is 0 Å². The number of hydrogen-bond acceptors (Lipinski definition) is 2. The van der Waals surface area contributed by atoms with Gasteiger partial charge in [0.05, 0.1) is 0 Å². The van der Waals surface area contributed by atoms with E-state index in [0.29, 0.717) is 5.54 Å². The van der Waals surface area contributed by atoms with Crippen molar-refractivity contribution in [3.05, 3.63) is 0 Å². The smallest absolute Gasteiger partial charge is 0.0280 e. The first-order valence-electron chi connectivity index (χ1n) is 5.57. The molecule has 2 nitrogen and oxygen atoms in total. The van der Waals surface area contributed by atoms with E-state index in [0.717, 1.165) is 0 Å². The topological polar surface area (TPSA) is 6.48 Å². The molecule has 0 aromatic carbocycles. The van der Waals surface area contributed by atoms with Gasteiger partial charge in [0.15, 0.2) is 0 Å². The van der Waals surface area contributed by atoms with Crippen LogP contribution in [0.4, 0.5) is 0 Å². The van der Waals surface area contributed by atoms with E-state index in [1.54, 1.807) is 0 Å². The van der Waals surface area contributed by atoms with Crippen LogP contribution in [0.3, 0.4) is 0 Å². The molecule has 0 bridgehead atoms. The van der Waals surface area contributed by atoms with Gasteiger partial charge in [-0.3, -0.25) is 4.90 Å². The molecule has 1 saturated heterocycles. The summed E-state index contributed by atoms with van der Waals surface area (Å²) in [7, 11) is 0. The molecule has 1 fully saturated rings. The molecule has 78 valence electrons. The zero-order valence-corrected chi connectivity index (χ0v) is 9.64. The van der Waals surface area contributed by atoms with Crippen LogP contribution >= 0.6 is 0 Å². The molecule has 0 amide bonds. The van der Waals surface area contributed by atoms with E-state index >= 15 is 0 Å². The minimum absolute atomic E-state index is 0.377. The van der Waals surface area contributed by atoms with E-state index < -0.39 is 0 Å². The van der Waals surface area contributed by atoms with Crippen LogP contribution in [-0.2, 0) is 0 Å². The molecule has 0 aromatic rings. The summed E-state index contributed by atoms with van der Waals surface area (Å²) in [6.07, 6.45) is 1.28.